The normalized spacial score (nSPS) is 22.6. The average molecular weight is 576 g/mol. The molecule has 3 rings (SSSR count). The molecule has 6 N–H and O–H groups in total. The molecule has 2 aromatic rings. The number of ether oxygens (including phenoxy) is 1. The van der Waals surface area contributed by atoms with Gasteiger partial charge in [0.25, 0.3) is 0 Å². The summed E-state index contributed by atoms with van der Waals surface area (Å²) in [6.07, 6.45) is 12.3. The van der Waals surface area contributed by atoms with E-state index in [4.69, 9.17) is 4.74 Å². The minimum Gasteiger partial charge on any atom is -0.388 e. The summed E-state index contributed by atoms with van der Waals surface area (Å²) in [6, 6.07) is -0.856. The van der Waals surface area contributed by atoms with E-state index in [-0.39, 0.29) is 12.5 Å². The Kier molecular flexibility index (Phi) is 13.7. The van der Waals surface area contributed by atoms with E-state index in [1.807, 2.05) is 0 Å². The molecule has 0 bridgehead atoms. The van der Waals surface area contributed by atoms with E-state index in [1.165, 1.54) is 64.0 Å². The molecule has 1 fully saturated rings. The van der Waals surface area contributed by atoms with Gasteiger partial charge in [0.05, 0.1) is 25.0 Å². The molecule has 1 aliphatic heterocycles. The number of unbranched alkanes of at least 4 members (excludes halogenated alkanes) is 9. The van der Waals surface area contributed by atoms with Gasteiger partial charge in [-0.05, 0) is 19.3 Å². The zero-order chi connectivity index (χ0) is 29.6. The summed E-state index contributed by atoms with van der Waals surface area (Å²) in [5, 5.41) is 29.7. The van der Waals surface area contributed by atoms with Crippen molar-refractivity contribution in [2.75, 3.05) is 11.9 Å². The third kappa shape index (κ3) is 10.8. The van der Waals surface area contributed by atoms with Gasteiger partial charge in [-0.25, -0.2) is 15.0 Å². The second-order valence-corrected chi connectivity index (χ2v) is 11.5. The van der Waals surface area contributed by atoms with Crippen LogP contribution in [-0.2, 0) is 14.3 Å². The van der Waals surface area contributed by atoms with Gasteiger partial charge in [-0.15, -0.1) is 0 Å². The molecule has 0 saturated carbocycles. The maximum Gasteiger partial charge on any atom is 0.239 e. The van der Waals surface area contributed by atoms with Gasteiger partial charge in [-0.1, -0.05) is 78.1 Å². The fourth-order valence-corrected chi connectivity index (χ4v) is 5.15. The number of aromatic nitrogens is 4. The molecule has 0 aliphatic carbocycles. The maximum atomic E-state index is 12.5. The second kappa shape index (κ2) is 17.2. The number of anilines is 1. The fourth-order valence-electron chi connectivity index (χ4n) is 5.15. The molecule has 2 amide bonds. The number of H-pyrrole nitrogens is 1. The Morgan fingerprint density at radius 3 is 2.27 bits per heavy atom. The highest BCUT2D eigenvalue weighted by molar-refractivity contribution is 5.85. The number of fused-ring (bicyclic) bond motifs is 1. The molecule has 1 saturated heterocycles. The first-order chi connectivity index (χ1) is 19.8. The predicted octanol–water partition coefficient (Wildman–Crippen LogP) is 3.17. The van der Waals surface area contributed by atoms with Crippen LogP contribution < -0.4 is 16.0 Å². The van der Waals surface area contributed by atoms with Crippen molar-refractivity contribution < 1.29 is 24.5 Å². The molecule has 0 radical (unpaired) electrons. The van der Waals surface area contributed by atoms with Crippen molar-refractivity contribution in [3.8, 4) is 0 Å². The lowest BCUT2D eigenvalue weighted by atomic mass is 9.96. The van der Waals surface area contributed by atoms with Crippen LogP contribution in [0.3, 0.4) is 0 Å². The van der Waals surface area contributed by atoms with Crippen LogP contribution in [0.4, 0.5) is 5.82 Å². The minimum atomic E-state index is -1.35. The zero-order valence-corrected chi connectivity index (χ0v) is 24.8. The highest BCUT2D eigenvalue weighted by atomic mass is 16.5. The Labute approximate surface area is 242 Å². The molecule has 0 spiro atoms. The van der Waals surface area contributed by atoms with Crippen molar-refractivity contribution in [3.63, 3.8) is 0 Å². The van der Waals surface area contributed by atoms with E-state index in [9.17, 15) is 19.8 Å². The smallest absolute Gasteiger partial charge is 0.239 e. The molecule has 3 heterocycles. The van der Waals surface area contributed by atoms with Crippen molar-refractivity contribution in [1.82, 2.24) is 30.6 Å². The van der Waals surface area contributed by atoms with Gasteiger partial charge in [-0.3, -0.25) is 9.59 Å². The third-order valence-electron chi connectivity index (χ3n) is 7.61. The molecule has 1 aliphatic rings. The highest BCUT2D eigenvalue weighted by Gasteiger charge is 2.43. The van der Waals surface area contributed by atoms with Gasteiger partial charge in [0.1, 0.15) is 24.1 Å². The van der Waals surface area contributed by atoms with Crippen LogP contribution in [-0.4, -0.2) is 79.1 Å². The molecular formula is C29H49N7O5. The summed E-state index contributed by atoms with van der Waals surface area (Å²) >= 11 is 0. The average Bonchev–Trinajstić information content (AvgIpc) is 3.43. The standard InChI is InChI=1S/C29H49N7O5/c1-19(2)14-12-10-8-6-4-5-7-9-11-13-15-21(37)30-16-22(38)35-23-20(3)41-29(26(40)25(23)39)36-28-24-27(32-17-31-24)33-18-34-28/h17-20,23,25-26,29,39-40H,4-16H2,1-3H3,(H,30,37)(H,35,38)(H2,31,32,33,34,36)/t20-,23-,25+,26+,29-/m1/s1. The number of hydrogen-bond donors (Lipinski definition) is 6. The molecular weight excluding hydrogens is 526 g/mol. The van der Waals surface area contributed by atoms with Crippen molar-refractivity contribution in [1.29, 1.82) is 0 Å². The van der Waals surface area contributed by atoms with Gasteiger partial charge in [0.15, 0.2) is 17.7 Å². The Bertz CT molecular complexity index is 1070. The molecule has 230 valence electrons. The largest absolute Gasteiger partial charge is 0.388 e. The molecule has 0 unspecified atom stereocenters. The first-order valence-electron chi connectivity index (χ1n) is 15.2. The van der Waals surface area contributed by atoms with Gasteiger partial charge in [0.2, 0.25) is 11.8 Å². The summed E-state index contributed by atoms with van der Waals surface area (Å²) in [5.41, 5.74) is 0.983. The van der Waals surface area contributed by atoms with Gasteiger partial charge in [0, 0.05) is 6.42 Å². The SMILES string of the molecule is CC(C)CCCCCCCCCCCCC(=O)NCC(=O)N[C@H]1[C@H](O)[C@H](O)[C@H](Nc2ncnc3nc[nH]c23)O[C@@H]1C. The van der Waals surface area contributed by atoms with Gasteiger partial charge >= 0.3 is 0 Å². The second-order valence-electron chi connectivity index (χ2n) is 11.5. The number of carbonyl (C=O) groups is 2. The first kappa shape index (κ1) is 32.7. The third-order valence-corrected chi connectivity index (χ3v) is 7.61. The van der Waals surface area contributed by atoms with Crippen LogP contribution in [0.25, 0.3) is 11.2 Å². The van der Waals surface area contributed by atoms with Crippen LogP contribution in [0.5, 0.6) is 0 Å². The number of hydrogen-bond acceptors (Lipinski definition) is 9. The number of aliphatic hydroxyl groups excluding tert-OH is 2. The van der Waals surface area contributed by atoms with Gasteiger partial charge in [-0.2, -0.15) is 0 Å². The van der Waals surface area contributed by atoms with Gasteiger partial charge < -0.3 is 35.9 Å². The van der Waals surface area contributed by atoms with E-state index in [1.54, 1.807) is 6.92 Å². The zero-order valence-electron chi connectivity index (χ0n) is 24.8. The summed E-state index contributed by atoms with van der Waals surface area (Å²) in [7, 11) is 0. The number of amides is 2. The van der Waals surface area contributed by atoms with E-state index in [0.717, 1.165) is 25.2 Å². The van der Waals surface area contributed by atoms with E-state index in [2.05, 4.69) is 49.7 Å². The van der Waals surface area contributed by atoms with E-state index in [0.29, 0.717) is 23.4 Å². The van der Waals surface area contributed by atoms with Crippen molar-refractivity contribution in [2.24, 2.45) is 5.92 Å². The quantitative estimate of drug-likeness (QED) is 0.146. The minimum absolute atomic E-state index is 0.172. The number of aliphatic hydroxyl groups is 2. The number of nitrogens with zero attached hydrogens (tertiary/aromatic N) is 3. The monoisotopic (exact) mass is 575 g/mol. The van der Waals surface area contributed by atoms with E-state index < -0.39 is 36.5 Å². The van der Waals surface area contributed by atoms with E-state index >= 15 is 0 Å². The van der Waals surface area contributed by atoms with Crippen LogP contribution >= 0.6 is 0 Å². The Balaban J connectivity index is 1.26. The lowest BCUT2D eigenvalue weighted by Crippen LogP contribution is -2.64. The molecule has 5 atom stereocenters. The number of aromatic amines is 1. The molecule has 12 nitrogen and oxygen atoms in total. The summed E-state index contributed by atoms with van der Waals surface area (Å²) < 4.78 is 5.85. The van der Waals surface area contributed by atoms with Crippen molar-refractivity contribution >= 4 is 28.8 Å². The summed E-state index contributed by atoms with van der Waals surface area (Å²) in [4.78, 5) is 39.8. The Hall–Kier alpha value is -2.83. The molecule has 2 aromatic heterocycles. The Morgan fingerprint density at radius 1 is 0.927 bits per heavy atom. The van der Waals surface area contributed by atoms with Crippen LogP contribution in [0.15, 0.2) is 12.7 Å². The molecule has 12 heteroatoms. The summed E-state index contributed by atoms with van der Waals surface area (Å²) in [5.74, 6) is 0.539. The number of nitrogens with one attached hydrogen (secondary N) is 4. The van der Waals surface area contributed by atoms with Crippen LogP contribution in [0.2, 0.25) is 0 Å². The first-order valence-corrected chi connectivity index (χ1v) is 15.2. The molecule has 0 aromatic carbocycles. The predicted molar refractivity (Wildman–Crippen MR) is 157 cm³/mol. The number of carbonyl (C=O) groups excluding carboxylic acids is 2. The molecule has 41 heavy (non-hydrogen) atoms. The Morgan fingerprint density at radius 2 is 1.59 bits per heavy atom. The highest BCUT2D eigenvalue weighted by Crippen LogP contribution is 2.24. The lowest BCUT2D eigenvalue weighted by Gasteiger charge is -2.42. The number of rotatable bonds is 18. The number of imidazole rings is 1. The van der Waals surface area contributed by atoms with Crippen molar-refractivity contribution in [3.05, 3.63) is 12.7 Å². The maximum absolute atomic E-state index is 12.5. The van der Waals surface area contributed by atoms with Crippen LogP contribution in [0.1, 0.15) is 97.8 Å². The fraction of sp³-hybridized carbons (Fsp3) is 0.759. The van der Waals surface area contributed by atoms with Crippen molar-refractivity contribution in [2.45, 2.75) is 128 Å². The van der Waals surface area contributed by atoms with Crippen LogP contribution in [0, 0.1) is 5.92 Å². The summed E-state index contributed by atoms with van der Waals surface area (Å²) in [6.45, 7) is 6.04. The topological polar surface area (TPSA) is 174 Å². The lowest BCUT2D eigenvalue weighted by molar-refractivity contribution is -0.172.